The molecule has 1 atom stereocenters. The van der Waals surface area contributed by atoms with Crippen LogP contribution in [0.25, 0.3) is 21.9 Å². The van der Waals surface area contributed by atoms with Gasteiger partial charge >= 0.3 is 0 Å². The van der Waals surface area contributed by atoms with E-state index in [9.17, 15) is 0 Å². The van der Waals surface area contributed by atoms with E-state index < -0.39 is 0 Å². The van der Waals surface area contributed by atoms with E-state index in [0.717, 1.165) is 39.7 Å². The molecule has 0 fully saturated rings. The van der Waals surface area contributed by atoms with Crippen molar-refractivity contribution in [3.63, 3.8) is 0 Å². The molecule has 0 saturated carbocycles. The van der Waals surface area contributed by atoms with Crippen LogP contribution in [0.1, 0.15) is 32.4 Å². The molecule has 3 aromatic rings. The summed E-state index contributed by atoms with van der Waals surface area (Å²) in [4.78, 5) is 4.63. The molecule has 1 unspecified atom stereocenters. The quantitative estimate of drug-likeness (QED) is 0.749. The first kappa shape index (κ1) is 15.6. The number of aryl methyl sites for hydroxylation is 1. The van der Waals surface area contributed by atoms with Gasteiger partial charge in [-0.3, -0.25) is 5.10 Å². The van der Waals surface area contributed by atoms with E-state index in [1.807, 2.05) is 19.1 Å². The lowest BCUT2D eigenvalue weighted by Gasteiger charge is -2.17. The number of nitrogens with zero attached hydrogens (tertiary/aromatic N) is 2. The third-order valence-corrected chi connectivity index (χ3v) is 3.69. The predicted molar refractivity (Wildman–Crippen MR) is 91.4 cm³/mol. The van der Waals surface area contributed by atoms with Crippen molar-refractivity contribution in [3.05, 3.63) is 30.0 Å². The highest BCUT2D eigenvalue weighted by molar-refractivity contribution is 6.07. The molecule has 4 nitrogen and oxygen atoms in total. The van der Waals surface area contributed by atoms with Gasteiger partial charge < -0.3 is 5.32 Å². The number of para-hydroxylation sites is 1. The number of benzene rings is 1. The summed E-state index contributed by atoms with van der Waals surface area (Å²) in [5.41, 5.74) is 3.98. The number of hydrogen-bond acceptors (Lipinski definition) is 3. The van der Waals surface area contributed by atoms with Gasteiger partial charge in [-0.15, -0.1) is 12.4 Å². The predicted octanol–water partition coefficient (Wildman–Crippen LogP) is 4.44. The highest BCUT2D eigenvalue weighted by atomic mass is 35.5. The Bertz CT molecular complexity index is 750. The lowest BCUT2D eigenvalue weighted by Crippen LogP contribution is -2.15. The Kier molecular flexibility index (Phi) is 4.68. The highest BCUT2D eigenvalue weighted by Gasteiger charge is 2.14. The zero-order chi connectivity index (χ0) is 14.1. The van der Waals surface area contributed by atoms with E-state index in [-0.39, 0.29) is 12.4 Å². The number of aromatic amines is 1. The summed E-state index contributed by atoms with van der Waals surface area (Å²) >= 11 is 0. The van der Waals surface area contributed by atoms with Gasteiger partial charge in [0.25, 0.3) is 0 Å². The molecule has 0 aliphatic carbocycles. The molecule has 0 aliphatic heterocycles. The second kappa shape index (κ2) is 6.31. The Labute approximate surface area is 130 Å². The monoisotopic (exact) mass is 304 g/mol. The molecule has 0 bridgehead atoms. The van der Waals surface area contributed by atoms with Crippen molar-refractivity contribution < 1.29 is 0 Å². The van der Waals surface area contributed by atoms with Crippen LogP contribution in [-0.4, -0.2) is 21.2 Å². The summed E-state index contributed by atoms with van der Waals surface area (Å²) in [7, 11) is 0. The van der Waals surface area contributed by atoms with Gasteiger partial charge in [0.15, 0.2) is 5.65 Å². The third-order valence-electron chi connectivity index (χ3n) is 3.69. The van der Waals surface area contributed by atoms with Crippen LogP contribution in [-0.2, 0) is 0 Å². The van der Waals surface area contributed by atoms with Crippen LogP contribution in [0.15, 0.2) is 24.3 Å². The standard InChI is InChI=1S/C16H20N4.ClH/c1-4-7-10(2)17-15-12-8-5-6-9-13(12)18-16-14(15)11(3)19-20-16;/h5-6,8-10H,4,7H2,1-3H3,(H2,17,18,19,20);1H. The number of rotatable bonds is 4. The molecule has 2 heterocycles. The number of nitrogens with one attached hydrogen (secondary N) is 2. The lowest BCUT2D eigenvalue weighted by atomic mass is 10.1. The molecule has 1 aromatic carbocycles. The van der Waals surface area contributed by atoms with Crippen LogP contribution < -0.4 is 5.32 Å². The molecule has 3 rings (SSSR count). The number of H-pyrrole nitrogens is 1. The first-order valence-corrected chi connectivity index (χ1v) is 7.20. The molecule has 5 heteroatoms. The van der Waals surface area contributed by atoms with Crippen molar-refractivity contribution in [1.82, 2.24) is 15.2 Å². The van der Waals surface area contributed by atoms with Crippen molar-refractivity contribution in [2.24, 2.45) is 0 Å². The van der Waals surface area contributed by atoms with Crippen molar-refractivity contribution in [1.29, 1.82) is 0 Å². The number of halogens is 1. The average molecular weight is 305 g/mol. The van der Waals surface area contributed by atoms with Crippen LogP contribution in [0.3, 0.4) is 0 Å². The normalized spacial score (nSPS) is 12.3. The second-order valence-corrected chi connectivity index (χ2v) is 5.39. The molecular formula is C16H21ClN4. The molecule has 0 radical (unpaired) electrons. The zero-order valence-electron chi connectivity index (χ0n) is 12.6. The van der Waals surface area contributed by atoms with Crippen LogP contribution in [0.2, 0.25) is 0 Å². The minimum absolute atomic E-state index is 0. The van der Waals surface area contributed by atoms with E-state index in [2.05, 4.69) is 46.5 Å². The number of aromatic nitrogens is 3. The first-order chi connectivity index (χ1) is 9.70. The molecule has 21 heavy (non-hydrogen) atoms. The van der Waals surface area contributed by atoms with E-state index in [1.165, 1.54) is 6.42 Å². The van der Waals surface area contributed by atoms with Gasteiger partial charge in [0.05, 0.1) is 16.6 Å². The molecule has 0 aliphatic rings. The third kappa shape index (κ3) is 2.81. The molecule has 112 valence electrons. The van der Waals surface area contributed by atoms with E-state index in [0.29, 0.717) is 6.04 Å². The van der Waals surface area contributed by atoms with Crippen molar-refractivity contribution in [2.75, 3.05) is 5.32 Å². The summed E-state index contributed by atoms with van der Waals surface area (Å²) in [5, 5.41) is 13.3. The Morgan fingerprint density at radius 2 is 2.05 bits per heavy atom. The number of hydrogen-bond donors (Lipinski definition) is 2. The minimum atomic E-state index is 0. The summed E-state index contributed by atoms with van der Waals surface area (Å²) in [6, 6.07) is 8.66. The fraction of sp³-hybridized carbons (Fsp3) is 0.375. The second-order valence-electron chi connectivity index (χ2n) is 5.39. The van der Waals surface area contributed by atoms with Gasteiger partial charge in [0, 0.05) is 17.1 Å². The fourth-order valence-corrected chi connectivity index (χ4v) is 2.73. The van der Waals surface area contributed by atoms with Crippen LogP contribution in [0.4, 0.5) is 5.69 Å². The Balaban J connectivity index is 0.00000161. The Morgan fingerprint density at radius 1 is 1.29 bits per heavy atom. The summed E-state index contributed by atoms with van der Waals surface area (Å²) in [6.45, 7) is 6.48. The average Bonchev–Trinajstić information content (AvgIpc) is 2.80. The van der Waals surface area contributed by atoms with Crippen LogP contribution in [0.5, 0.6) is 0 Å². The lowest BCUT2D eigenvalue weighted by molar-refractivity contribution is 0.692. The van der Waals surface area contributed by atoms with Gasteiger partial charge in [-0.2, -0.15) is 5.10 Å². The van der Waals surface area contributed by atoms with E-state index in [4.69, 9.17) is 0 Å². The maximum Gasteiger partial charge on any atom is 0.183 e. The van der Waals surface area contributed by atoms with Crippen molar-refractivity contribution in [3.8, 4) is 0 Å². The summed E-state index contributed by atoms with van der Waals surface area (Å²) in [5.74, 6) is 0. The van der Waals surface area contributed by atoms with Crippen molar-refractivity contribution in [2.45, 2.75) is 39.7 Å². The topological polar surface area (TPSA) is 53.6 Å². The highest BCUT2D eigenvalue weighted by Crippen LogP contribution is 2.32. The Hall–Kier alpha value is -1.81. The maximum absolute atomic E-state index is 4.63. The molecule has 2 aromatic heterocycles. The largest absolute Gasteiger partial charge is 0.381 e. The number of pyridine rings is 1. The SMILES string of the molecule is CCCC(C)Nc1c2ccccc2nc2n[nH]c(C)c12.Cl. The first-order valence-electron chi connectivity index (χ1n) is 7.20. The summed E-state index contributed by atoms with van der Waals surface area (Å²) < 4.78 is 0. The van der Waals surface area contributed by atoms with Crippen LogP contribution in [0, 0.1) is 6.92 Å². The summed E-state index contributed by atoms with van der Waals surface area (Å²) in [6.07, 6.45) is 2.32. The van der Waals surface area contributed by atoms with Gasteiger partial charge in [0.1, 0.15) is 0 Å². The smallest absolute Gasteiger partial charge is 0.183 e. The van der Waals surface area contributed by atoms with E-state index in [1.54, 1.807) is 0 Å². The van der Waals surface area contributed by atoms with Gasteiger partial charge in [-0.1, -0.05) is 31.5 Å². The van der Waals surface area contributed by atoms with Gasteiger partial charge in [0.2, 0.25) is 0 Å². The Morgan fingerprint density at radius 3 is 2.81 bits per heavy atom. The maximum atomic E-state index is 4.63. The number of fused-ring (bicyclic) bond motifs is 2. The molecular weight excluding hydrogens is 284 g/mol. The minimum Gasteiger partial charge on any atom is -0.381 e. The molecule has 0 saturated heterocycles. The van der Waals surface area contributed by atoms with Crippen LogP contribution >= 0.6 is 12.4 Å². The van der Waals surface area contributed by atoms with Gasteiger partial charge in [-0.25, -0.2) is 4.98 Å². The van der Waals surface area contributed by atoms with Crippen molar-refractivity contribution >= 4 is 40.0 Å². The van der Waals surface area contributed by atoms with E-state index >= 15 is 0 Å². The van der Waals surface area contributed by atoms with Gasteiger partial charge in [-0.05, 0) is 26.3 Å². The number of anilines is 1. The molecule has 2 N–H and O–H groups in total. The molecule has 0 amide bonds. The molecule has 0 spiro atoms. The fourth-order valence-electron chi connectivity index (χ4n) is 2.73. The zero-order valence-corrected chi connectivity index (χ0v) is 13.4.